The highest BCUT2D eigenvalue weighted by molar-refractivity contribution is 5.92. The van der Waals surface area contributed by atoms with Crippen LogP contribution in [0.3, 0.4) is 0 Å². The summed E-state index contributed by atoms with van der Waals surface area (Å²) in [7, 11) is 2.99. The van der Waals surface area contributed by atoms with E-state index in [1.54, 1.807) is 24.0 Å². The zero-order valence-corrected chi connectivity index (χ0v) is 10.8. The maximum atomic E-state index is 12.5. The highest BCUT2D eigenvalue weighted by atomic mass is 19.4. The molecule has 0 aromatic carbocycles. The lowest BCUT2D eigenvalue weighted by Crippen LogP contribution is -2.26. The van der Waals surface area contributed by atoms with E-state index in [4.69, 9.17) is 0 Å². The first-order valence-electron chi connectivity index (χ1n) is 5.65. The van der Waals surface area contributed by atoms with Crippen LogP contribution in [-0.2, 0) is 26.8 Å². The molecule has 6 nitrogen and oxygen atoms in total. The zero-order chi connectivity index (χ0) is 14.9. The van der Waals surface area contributed by atoms with Crippen molar-refractivity contribution in [2.45, 2.75) is 12.7 Å². The van der Waals surface area contributed by atoms with Crippen molar-refractivity contribution >= 4 is 5.91 Å². The van der Waals surface area contributed by atoms with E-state index in [9.17, 15) is 18.0 Å². The average molecular weight is 287 g/mol. The fourth-order valence-electron chi connectivity index (χ4n) is 1.65. The van der Waals surface area contributed by atoms with Gasteiger partial charge in [0.25, 0.3) is 5.91 Å². The molecule has 2 aromatic rings. The van der Waals surface area contributed by atoms with Crippen molar-refractivity contribution in [3.05, 3.63) is 35.4 Å². The third-order valence-corrected chi connectivity index (χ3v) is 2.76. The van der Waals surface area contributed by atoms with Crippen LogP contribution in [0, 0.1) is 0 Å². The molecule has 0 radical (unpaired) electrons. The summed E-state index contributed by atoms with van der Waals surface area (Å²) in [5.74, 6) is -0.628. The van der Waals surface area contributed by atoms with E-state index in [0.717, 1.165) is 16.4 Å². The first-order valence-corrected chi connectivity index (χ1v) is 5.65. The minimum atomic E-state index is -4.57. The Kier molecular flexibility index (Phi) is 3.51. The van der Waals surface area contributed by atoms with Crippen LogP contribution in [0.4, 0.5) is 13.2 Å². The van der Waals surface area contributed by atoms with Crippen molar-refractivity contribution in [3.63, 3.8) is 0 Å². The second-order valence-corrected chi connectivity index (χ2v) is 4.17. The second kappa shape index (κ2) is 4.99. The first-order chi connectivity index (χ1) is 9.29. The van der Waals surface area contributed by atoms with E-state index in [2.05, 4.69) is 15.5 Å². The Morgan fingerprint density at radius 3 is 2.55 bits per heavy atom. The fourth-order valence-corrected chi connectivity index (χ4v) is 1.65. The van der Waals surface area contributed by atoms with Crippen LogP contribution in [0.1, 0.15) is 21.9 Å². The number of carbonyl (C=O) groups excluding carboxylic acids is 1. The average Bonchev–Trinajstić information content (AvgIpc) is 2.92. The van der Waals surface area contributed by atoms with Gasteiger partial charge in [-0.15, -0.1) is 0 Å². The van der Waals surface area contributed by atoms with E-state index >= 15 is 0 Å². The minimum absolute atomic E-state index is 0.153. The number of halogens is 3. The molecule has 0 fully saturated rings. The Labute approximate surface area is 112 Å². The van der Waals surface area contributed by atoms with Crippen LogP contribution in [0.2, 0.25) is 0 Å². The van der Waals surface area contributed by atoms with Gasteiger partial charge >= 0.3 is 6.18 Å². The predicted octanol–water partition coefficient (Wildman–Crippen LogP) is 1.10. The summed E-state index contributed by atoms with van der Waals surface area (Å²) in [4.78, 5) is 11.8. The number of rotatable bonds is 3. The molecular weight excluding hydrogens is 275 g/mol. The number of carbonyl (C=O) groups is 1. The van der Waals surface area contributed by atoms with Gasteiger partial charge in [0.2, 0.25) is 0 Å². The van der Waals surface area contributed by atoms with Crippen molar-refractivity contribution in [1.82, 2.24) is 24.9 Å². The minimum Gasteiger partial charge on any atom is -0.345 e. The molecule has 2 rings (SSSR count). The van der Waals surface area contributed by atoms with Crippen LogP contribution in [0.5, 0.6) is 0 Å². The Balaban J connectivity index is 2.10. The number of aryl methyl sites for hydroxylation is 2. The number of amides is 1. The van der Waals surface area contributed by atoms with Gasteiger partial charge in [0.15, 0.2) is 5.69 Å². The molecule has 108 valence electrons. The van der Waals surface area contributed by atoms with Crippen molar-refractivity contribution < 1.29 is 18.0 Å². The highest BCUT2D eigenvalue weighted by Crippen LogP contribution is 2.28. The molecule has 2 aromatic heterocycles. The van der Waals surface area contributed by atoms with Gasteiger partial charge in [-0.2, -0.15) is 23.4 Å². The van der Waals surface area contributed by atoms with Gasteiger partial charge in [-0.25, -0.2) is 0 Å². The summed E-state index contributed by atoms with van der Waals surface area (Å²) in [5, 5.41) is 9.72. The Morgan fingerprint density at radius 1 is 1.35 bits per heavy atom. The quantitative estimate of drug-likeness (QED) is 0.919. The summed E-state index contributed by atoms with van der Waals surface area (Å²) in [5.41, 5.74) is -0.512. The van der Waals surface area contributed by atoms with Gasteiger partial charge in [0.1, 0.15) is 5.69 Å². The molecule has 20 heavy (non-hydrogen) atoms. The largest absolute Gasteiger partial charge is 0.435 e. The lowest BCUT2D eigenvalue weighted by Gasteiger charge is -2.05. The molecule has 0 aliphatic carbocycles. The molecular formula is C11H12F3N5O. The van der Waals surface area contributed by atoms with Crippen LogP contribution >= 0.6 is 0 Å². The van der Waals surface area contributed by atoms with E-state index in [-0.39, 0.29) is 12.2 Å². The maximum Gasteiger partial charge on any atom is 0.435 e. The molecule has 0 aliphatic heterocycles. The van der Waals surface area contributed by atoms with Gasteiger partial charge in [0.05, 0.1) is 12.2 Å². The number of hydrogen-bond donors (Lipinski definition) is 1. The number of nitrogens with one attached hydrogen (secondary N) is 1. The van der Waals surface area contributed by atoms with Gasteiger partial charge in [-0.05, 0) is 6.07 Å². The molecule has 1 amide bonds. The summed E-state index contributed by atoms with van der Waals surface area (Å²) < 4.78 is 39.9. The van der Waals surface area contributed by atoms with Crippen molar-refractivity contribution in [3.8, 4) is 0 Å². The molecule has 0 aliphatic rings. The second-order valence-electron chi connectivity index (χ2n) is 4.17. The van der Waals surface area contributed by atoms with E-state index in [0.29, 0.717) is 0 Å². The summed E-state index contributed by atoms with van der Waals surface area (Å²) in [6, 6.07) is 2.42. The van der Waals surface area contributed by atoms with Crippen molar-refractivity contribution in [2.24, 2.45) is 14.1 Å². The number of hydrogen-bond acceptors (Lipinski definition) is 3. The van der Waals surface area contributed by atoms with E-state index in [1.165, 1.54) is 7.05 Å². The molecule has 0 bridgehead atoms. The number of nitrogens with zero attached hydrogens (tertiary/aromatic N) is 4. The van der Waals surface area contributed by atoms with E-state index < -0.39 is 17.8 Å². The highest BCUT2D eigenvalue weighted by Gasteiger charge is 2.35. The van der Waals surface area contributed by atoms with Crippen LogP contribution < -0.4 is 5.32 Å². The van der Waals surface area contributed by atoms with Crippen molar-refractivity contribution in [1.29, 1.82) is 0 Å². The Morgan fingerprint density at radius 2 is 2.05 bits per heavy atom. The third-order valence-electron chi connectivity index (χ3n) is 2.76. The summed E-state index contributed by atoms with van der Waals surface area (Å²) in [6.07, 6.45) is -3.01. The number of alkyl halides is 3. The standard InChI is InChI=1S/C11H12F3N5O/c1-18-7(3-4-16-18)6-15-10(20)8-5-9(11(12,13)14)17-19(8)2/h3-5H,6H2,1-2H3,(H,15,20). The van der Waals surface area contributed by atoms with Gasteiger partial charge < -0.3 is 5.32 Å². The van der Waals surface area contributed by atoms with Gasteiger partial charge in [-0.3, -0.25) is 14.2 Å². The van der Waals surface area contributed by atoms with Crippen LogP contribution in [0.15, 0.2) is 18.3 Å². The number of aromatic nitrogens is 4. The predicted molar refractivity (Wildman–Crippen MR) is 62.6 cm³/mol. The molecule has 9 heteroatoms. The molecule has 0 saturated heterocycles. The monoisotopic (exact) mass is 287 g/mol. The fraction of sp³-hybridized carbons (Fsp3) is 0.364. The molecule has 0 atom stereocenters. The summed E-state index contributed by atoms with van der Waals surface area (Å²) >= 11 is 0. The van der Waals surface area contributed by atoms with Crippen LogP contribution in [-0.4, -0.2) is 25.5 Å². The normalized spacial score (nSPS) is 11.7. The Hall–Kier alpha value is -2.32. The molecule has 1 N–H and O–H groups in total. The third kappa shape index (κ3) is 2.81. The van der Waals surface area contributed by atoms with Crippen molar-refractivity contribution in [2.75, 3.05) is 0 Å². The maximum absolute atomic E-state index is 12.5. The van der Waals surface area contributed by atoms with Gasteiger partial charge in [0, 0.05) is 26.4 Å². The molecule has 0 saturated carbocycles. The summed E-state index contributed by atoms with van der Waals surface area (Å²) in [6.45, 7) is 0.169. The molecule has 0 spiro atoms. The molecule has 2 heterocycles. The van der Waals surface area contributed by atoms with Crippen LogP contribution in [0.25, 0.3) is 0 Å². The lowest BCUT2D eigenvalue weighted by molar-refractivity contribution is -0.141. The van der Waals surface area contributed by atoms with Gasteiger partial charge in [-0.1, -0.05) is 0 Å². The lowest BCUT2D eigenvalue weighted by atomic mass is 10.3. The van der Waals surface area contributed by atoms with E-state index in [1.807, 2.05) is 0 Å². The topological polar surface area (TPSA) is 64.7 Å². The smallest absolute Gasteiger partial charge is 0.345 e. The Bertz CT molecular complexity index is 628. The zero-order valence-electron chi connectivity index (χ0n) is 10.8. The first kappa shape index (κ1) is 14.1. The SMILES string of the molecule is Cn1nccc1CNC(=O)c1cc(C(F)(F)F)nn1C. The molecule has 0 unspecified atom stereocenters.